The van der Waals surface area contributed by atoms with Gasteiger partial charge in [0.15, 0.2) is 10.9 Å². The molecule has 1 aliphatic rings. The number of hydrogen-bond acceptors (Lipinski definition) is 6. The highest BCUT2D eigenvalue weighted by Crippen LogP contribution is 2.27. The smallest absolute Gasteiger partial charge is 0.287 e. The summed E-state index contributed by atoms with van der Waals surface area (Å²) in [5, 5.41) is 3.98. The van der Waals surface area contributed by atoms with Crippen LogP contribution in [0.5, 0.6) is 5.75 Å². The number of nitrogens with one attached hydrogen (secondary N) is 1. The van der Waals surface area contributed by atoms with Crippen LogP contribution in [0.3, 0.4) is 0 Å². The third-order valence-electron chi connectivity index (χ3n) is 5.52. The highest BCUT2D eigenvalue weighted by atomic mass is 32.2. The molecular formula is C23H28N4O3S. The molecule has 3 aromatic rings. The first-order chi connectivity index (χ1) is 15.1. The van der Waals surface area contributed by atoms with E-state index in [2.05, 4.69) is 27.3 Å². The summed E-state index contributed by atoms with van der Waals surface area (Å²) >= 11 is 1.58. The lowest BCUT2D eigenvalue weighted by atomic mass is 10.0. The van der Waals surface area contributed by atoms with Crippen LogP contribution in [0.4, 0.5) is 0 Å². The van der Waals surface area contributed by atoms with Crippen LogP contribution >= 0.6 is 11.8 Å². The lowest BCUT2D eigenvalue weighted by Crippen LogP contribution is -2.36. The number of aryl methyl sites for hydroxylation is 1. The molecule has 1 amide bonds. The number of methoxy groups -OCH3 is 1. The Morgan fingerprint density at radius 2 is 2.13 bits per heavy atom. The number of benzene rings is 1. The number of thioether (sulfide) groups is 1. The van der Waals surface area contributed by atoms with Crippen LogP contribution in [-0.2, 0) is 12.8 Å². The normalized spacial score (nSPS) is 15.2. The first-order valence-electron chi connectivity index (χ1n) is 10.5. The Balaban J connectivity index is 1.38. The van der Waals surface area contributed by atoms with E-state index in [0.717, 1.165) is 35.3 Å². The summed E-state index contributed by atoms with van der Waals surface area (Å²) in [6, 6.07) is 11.8. The van der Waals surface area contributed by atoms with Crippen molar-refractivity contribution in [3.63, 3.8) is 0 Å². The molecule has 8 heteroatoms. The highest BCUT2D eigenvalue weighted by molar-refractivity contribution is 7.98. The SMILES string of the molecule is COc1cccc(C(CNC(=O)c2ccc(CSc3nccn3C)o2)N2CCCC2)c1. The minimum absolute atomic E-state index is 0.106. The maximum atomic E-state index is 12.7. The molecule has 164 valence electrons. The van der Waals surface area contributed by atoms with Crippen molar-refractivity contribution in [3.8, 4) is 5.75 Å². The zero-order valence-corrected chi connectivity index (χ0v) is 18.7. The van der Waals surface area contributed by atoms with Gasteiger partial charge in [0, 0.05) is 26.0 Å². The molecule has 3 heterocycles. The van der Waals surface area contributed by atoms with Gasteiger partial charge in [-0.05, 0) is 55.8 Å². The van der Waals surface area contributed by atoms with Crippen LogP contribution in [0, 0.1) is 0 Å². The number of rotatable bonds is 9. The number of furan rings is 1. The lowest BCUT2D eigenvalue weighted by Gasteiger charge is -2.28. The number of carbonyl (C=O) groups is 1. The average Bonchev–Trinajstić information content (AvgIpc) is 3.55. The van der Waals surface area contributed by atoms with Crippen LogP contribution in [-0.4, -0.2) is 47.1 Å². The molecule has 1 fully saturated rings. The van der Waals surface area contributed by atoms with Crippen molar-refractivity contribution in [3.05, 3.63) is 65.9 Å². The van der Waals surface area contributed by atoms with Gasteiger partial charge in [-0.3, -0.25) is 9.69 Å². The van der Waals surface area contributed by atoms with Crippen LogP contribution in [0.1, 0.15) is 40.8 Å². The molecule has 31 heavy (non-hydrogen) atoms. The molecule has 0 aliphatic carbocycles. The Labute approximate surface area is 186 Å². The third-order valence-corrected chi connectivity index (χ3v) is 6.60. The van der Waals surface area contributed by atoms with E-state index in [1.165, 1.54) is 12.8 Å². The van der Waals surface area contributed by atoms with E-state index in [1.807, 2.05) is 36.0 Å². The average molecular weight is 441 g/mol. The maximum absolute atomic E-state index is 12.7. The van der Waals surface area contributed by atoms with E-state index < -0.39 is 0 Å². The molecule has 0 bridgehead atoms. The topological polar surface area (TPSA) is 72.5 Å². The van der Waals surface area contributed by atoms with Gasteiger partial charge in [0.2, 0.25) is 0 Å². The lowest BCUT2D eigenvalue weighted by molar-refractivity contribution is 0.0908. The molecule has 0 radical (unpaired) electrons. The maximum Gasteiger partial charge on any atom is 0.287 e. The second-order valence-electron chi connectivity index (χ2n) is 7.62. The van der Waals surface area contributed by atoms with E-state index in [9.17, 15) is 4.79 Å². The zero-order valence-electron chi connectivity index (χ0n) is 17.9. The van der Waals surface area contributed by atoms with Crippen molar-refractivity contribution in [2.45, 2.75) is 29.8 Å². The Morgan fingerprint density at radius 3 is 2.87 bits per heavy atom. The van der Waals surface area contributed by atoms with Crippen molar-refractivity contribution in [2.75, 3.05) is 26.7 Å². The van der Waals surface area contributed by atoms with E-state index in [0.29, 0.717) is 18.1 Å². The predicted molar refractivity (Wildman–Crippen MR) is 120 cm³/mol. The van der Waals surface area contributed by atoms with Crippen LogP contribution in [0.2, 0.25) is 0 Å². The minimum Gasteiger partial charge on any atom is -0.497 e. The van der Waals surface area contributed by atoms with Gasteiger partial charge in [-0.25, -0.2) is 4.98 Å². The summed E-state index contributed by atoms with van der Waals surface area (Å²) in [5.41, 5.74) is 1.15. The fourth-order valence-electron chi connectivity index (χ4n) is 3.84. The number of imidazole rings is 1. The van der Waals surface area contributed by atoms with Gasteiger partial charge in [0.25, 0.3) is 5.91 Å². The Hall–Kier alpha value is -2.71. The number of nitrogens with zero attached hydrogens (tertiary/aromatic N) is 3. The monoisotopic (exact) mass is 440 g/mol. The van der Waals surface area contributed by atoms with E-state index in [1.54, 1.807) is 31.1 Å². The van der Waals surface area contributed by atoms with Crippen molar-refractivity contribution < 1.29 is 13.9 Å². The largest absolute Gasteiger partial charge is 0.497 e. The van der Waals surface area contributed by atoms with Gasteiger partial charge in [-0.15, -0.1) is 0 Å². The Bertz CT molecular complexity index is 1010. The summed E-state index contributed by atoms with van der Waals surface area (Å²) < 4.78 is 13.1. The molecule has 1 N–H and O–H groups in total. The van der Waals surface area contributed by atoms with E-state index >= 15 is 0 Å². The van der Waals surface area contributed by atoms with E-state index in [4.69, 9.17) is 9.15 Å². The van der Waals surface area contributed by atoms with Gasteiger partial charge < -0.3 is 19.0 Å². The molecular weight excluding hydrogens is 412 g/mol. The number of amides is 1. The number of likely N-dealkylation sites (tertiary alicyclic amines) is 1. The number of carbonyl (C=O) groups excluding carboxylic acids is 1. The Kier molecular flexibility index (Phi) is 6.99. The summed E-state index contributed by atoms with van der Waals surface area (Å²) in [7, 11) is 3.63. The van der Waals surface area contributed by atoms with Crippen molar-refractivity contribution in [2.24, 2.45) is 7.05 Å². The molecule has 4 rings (SSSR count). The molecule has 0 spiro atoms. The fourth-order valence-corrected chi connectivity index (χ4v) is 4.67. The van der Waals surface area contributed by atoms with Gasteiger partial charge in [0.1, 0.15) is 11.5 Å². The number of ether oxygens (including phenoxy) is 1. The van der Waals surface area contributed by atoms with Crippen LogP contribution in [0.15, 0.2) is 58.4 Å². The molecule has 1 atom stereocenters. The second-order valence-corrected chi connectivity index (χ2v) is 8.56. The van der Waals surface area contributed by atoms with Gasteiger partial charge in [-0.1, -0.05) is 23.9 Å². The molecule has 1 saturated heterocycles. The summed E-state index contributed by atoms with van der Waals surface area (Å²) in [4.78, 5) is 19.5. The Morgan fingerprint density at radius 1 is 1.29 bits per heavy atom. The summed E-state index contributed by atoms with van der Waals surface area (Å²) in [5.74, 6) is 2.34. The number of aromatic nitrogens is 2. The minimum atomic E-state index is -0.194. The first kappa shape index (κ1) is 21.5. The summed E-state index contributed by atoms with van der Waals surface area (Å²) in [6.45, 7) is 2.59. The third kappa shape index (κ3) is 5.32. The van der Waals surface area contributed by atoms with Crippen molar-refractivity contribution in [1.82, 2.24) is 19.8 Å². The molecule has 2 aromatic heterocycles. The highest BCUT2D eigenvalue weighted by Gasteiger charge is 2.25. The molecule has 1 unspecified atom stereocenters. The van der Waals surface area contributed by atoms with Crippen molar-refractivity contribution in [1.29, 1.82) is 0 Å². The molecule has 0 saturated carbocycles. The summed E-state index contributed by atoms with van der Waals surface area (Å²) in [6.07, 6.45) is 6.04. The zero-order chi connectivity index (χ0) is 21.6. The molecule has 1 aliphatic heterocycles. The fraction of sp³-hybridized carbons (Fsp3) is 0.391. The predicted octanol–water partition coefficient (Wildman–Crippen LogP) is 3.88. The quantitative estimate of drug-likeness (QED) is 0.509. The van der Waals surface area contributed by atoms with E-state index in [-0.39, 0.29) is 11.9 Å². The van der Waals surface area contributed by atoms with Gasteiger partial charge >= 0.3 is 0 Å². The number of hydrogen-bond donors (Lipinski definition) is 1. The van der Waals surface area contributed by atoms with Crippen LogP contribution in [0.25, 0.3) is 0 Å². The van der Waals surface area contributed by atoms with Gasteiger partial charge in [0.05, 0.1) is 18.9 Å². The standard InChI is InChI=1S/C23H28N4O3S/c1-26-13-10-24-23(26)31-16-19-8-9-21(30-19)22(28)25-15-20(27-11-3-4-12-27)17-6-5-7-18(14-17)29-2/h5-10,13-14,20H,3-4,11-12,15-16H2,1-2H3,(H,25,28). The van der Waals surface area contributed by atoms with Crippen LogP contribution < -0.4 is 10.1 Å². The van der Waals surface area contributed by atoms with Crippen molar-refractivity contribution >= 4 is 17.7 Å². The second kappa shape index (κ2) is 10.1. The first-order valence-corrected chi connectivity index (χ1v) is 11.5. The molecule has 7 nitrogen and oxygen atoms in total. The molecule has 1 aromatic carbocycles. The van der Waals surface area contributed by atoms with Gasteiger partial charge in [-0.2, -0.15) is 0 Å².